The van der Waals surface area contributed by atoms with Crippen LogP contribution in [0.2, 0.25) is 0 Å². The highest BCUT2D eigenvalue weighted by molar-refractivity contribution is 5.63. The van der Waals surface area contributed by atoms with Crippen molar-refractivity contribution in [3.05, 3.63) is 84.3 Å². The van der Waals surface area contributed by atoms with Crippen LogP contribution in [0.1, 0.15) is 11.3 Å². The van der Waals surface area contributed by atoms with Gasteiger partial charge < -0.3 is 9.15 Å². The zero-order valence-corrected chi connectivity index (χ0v) is 12.4. The van der Waals surface area contributed by atoms with Gasteiger partial charge in [-0.1, -0.05) is 54.6 Å². The van der Waals surface area contributed by atoms with Gasteiger partial charge in [0.15, 0.2) is 0 Å². The molecule has 2 nitrogen and oxygen atoms in total. The van der Waals surface area contributed by atoms with Gasteiger partial charge in [0, 0.05) is 5.56 Å². The molecule has 3 rings (SSSR count). The van der Waals surface area contributed by atoms with E-state index in [1.165, 1.54) is 18.4 Å². The molecule has 23 heavy (non-hydrogen) atoms. The quantitative estimate of drug-likeness (QED) is 0.619. The molecule has 0 fully saturated rings. The van der Waals surface area contributed by atoms with Crippen molar-refractivity contribution in [2.45, 2.75) is 12.5 Å². The highest BCUT2D eigenvalue weighted by atomic mass is 19.3. The van der Waals surface area contributed by atoms with E-state index in [4.69, 9.17) is 9.15 Å². The van der Waals surface area contributed by atoms with Crippen molar-refractivity contribution in [1.29, 1.82) is 0 Å². The molecule has 4 heteroatoms. The van der Waals surface area contributed by atoms with Crippen LogP contribution in [-0.2, 0) is 17.3 Å². The molecule has 0 amide bonds. The largest absolute Gasteiger partial charge is 0.467 e. The Morgan fingerprint density at radius 2 is 1.52 bits per heavy atom. The maximum Gasteiger partial charge on any atom is 0.296 e. The second-order valence-corrected chi connectivity index (χ2v) is 5.22. The molecule has 0 aliphatic heterocycles. The van der Waals surface area contributed by atoms with Gasteiger partial charge in [0.2, 0.25) is 0 Å². The Kier molecular flexibility index (Phi) is 4.53. The zero-order chi connectivity index (χ0) is 16.1. The van der Waals surface area contributed by atoms with E-state index in [0.29, 0.717) is 5.76 Å². The summed E-state index contributed by atoms with van der Waals surface area (Å²) >= 11 is 0. The average Bonchev–Trinajstić information content (AvgIpc) is 3.09. The van der Waals surface area contributed by atoms with Crippen LogP contribution in [0, 0.1) is 0 Å². The molecule has 0 spiro atoms. The summed E-state index contributed by atoms with van der Waals surface area (Å²) in [6.45, 7) is -0.650. The number of halogens is 2. The van der Waals surface area contributed by atoms with E-state index in [9.17, 15) is 8.78 Å². The van der Waals surface area contributed by atoms with Gasteiger partial charge in [-0.05, 0) is 23.3 Å². The first-order valence-electron chi connectivity index (χ1n) is 7.29. The number of hydrogen-bond donors (Lipinski definition) is 0. The molecule has 0 unspecified atom stereocenters. The van der Waals surface area contributed by atoms with Crippen LogP contribution < -0.4 is 0 Å². The Morgan fingerprint density at radius 3 is 2.17 bits per heavy atom. The second kappa shape index (κ2) is 6.75. The predicted octanol–water partition coefficient (Wildman–Crippen LogP) is 5.26. The second-order valence-electron chi connectivity index (χ2n) is 5.22. The van der Waals surface area contributed by atoms with Crippen LogP contribution in [0.5, 0.6) is 0 Å². The minimum Gasteiger partial charge on any atom is -0.467 e. The molecule has 0 N–H and O–H groups in total. The molecule has 0 aliphatic rings. The molecule has 0 saturated heterocycles. The van der Waals surface area contributed by atoms with Gasteiger partial charge in [0.05, 0.1) is 6.26 Å². The molecular weight excluding hydrogens is 298 g/mol. The summed E-state index contributed by atoms with van der Waals surface area (Å²) in [5.74, 6) is -2.51. The van der Waals surface area contributed by atoms with E-state index in [1.807, 2.05) is 30.3 Å². The smallest absolute Gasteiger partial charge is 0.296 e. The fraction of sp³-hybridized carbons (Fsp3) is 0.158. The predicted molar refractivity (Wildman–Crippen MR) is 84.1 cm³/mol. The van der Waals surface area contributed by atoms with E-state index in [2.05, 4.69) is 0 Å². The third-order valence-electron chi connectivity index (χ3n) is 3.52. The molecule has 3 aromatic rings. The molecule has 1 aromatic heterocycles. The standard InChI is InChI=1S/C19H16F2O2/c20-19(21,14-22-13-18-7-4-12-23-18)17-10-8-16(9-11-17)15-5-2-1-3-6-15/h1-12H,13-14H2. The lowest BCUT2D eigenvalue weighted by Gasteiger charge is -2.17. The molecule has 0 bridgehead atoms. The van der Waals surface area contributed by atoms with Crippen molar-refractivity contribution in [2.75, 3.05) is 6.61 Å². The number of hydrogen-bond acceptors (Lipinski definition) is 2. The van der Waals surface area contributed by atoms with Crippen molar-refractivity contribution in [2.24, 2.45) is 0 Å². The number of ether oxygens (including phenoxy) is 1. The maximum atomic E-state index is 14.2. The fourth-order valence-electron chi connectivity index (χ4n) is 2.29. The van der Waals surface area contributed by atoms with Gasteiger partial charge in [-0.3, -0.25) is 0 Å². The first-order chi connectivity index (χ1) is 11.1. The minimum atomic E-state index is -3.04. The lowest BCUT2D eigenvalue weighted by atomic mass is 10.0. The monoisotopic (exact) mass is 314 g/mol. The highest BCUT2D eigenvalue weighted by Gasteiger charge is 2.31. The summed E-state index contributed by atoms with van der Waals surface area (Å²) in [4.78, 5) is 0. The average molecular weight is 314 g/mol. The Hall–Kier alpha value is -2.46. The number of alkyl halides is 2. The molecule has 0 radical (unpaired) electrons. The SMILES string of the molecule is FC(F)(COCc1ccco1)c1ccc(-c2ccccc2)cc1. The van der Waals surface area contributed by atoms with Crippen LogP contribution in [0.3, 0.4) is 0 Å². The van der Waals surface area contributed by atoms with Crippen LogP contribution in [0.25, 0.3) is 11.1 Å². The summed E-state index contributed by atoms with van der Waals surface area (Å²) in [5.41, 5.74) is 1.84. The first kappa shape index (κ1) is 15.4. The van der Waals surface area contributed by atoms with E-state index in [0.717, 1.165) is 11.1 Å². The van der Waals surface area contributed by atoms with E-state index < -0.39 is 12.5 Å². The van der Waals surface area contributed by atoms with Gasteiger partial charge in [0.25, 0.3) is 5.92 Å². The zero-order valence-electron chi connectivity index (χ0n) is 12.4. The van der Waals surface area contributed by atoms with Gasteiger partial charge in [0.1, 0.15) is 19.0 Å². The van der Waals surface area contributed by atoms with Gasteiger partial charge >= 0.3 is 0 Å². The third kappa shape index (κ3) is 3.85. The topological polar surface area (TPSA) is 22.4 Å². The Labute approximate surface area is 133 Å². The van der Waals surface area contributed by atoms with Gasteiger partial charge in [-0.25, -0.2) is 0 Å². The van der Waals surface area contributed by atoms with Crippen molar-refractivity contribution in [3.63, 3.8) is 0 Å². The maximum absolute atomic E-state index is 14.2. The number of furan rings is 1. The molecule has 0 aliphatic carbocycles. The van der Waals surface area contributed by atoms with Crippen LogP contribution in [0.4, 0.5) is 8.78 Å². The molecular formula is C19H16F2O2. The van der Waals surface area contributed by atoms with Crippen molar-refractivity contribution in [1.82, 2.24) is 0 Å². The van der Waals surface area contributed by atoms with Crippen LogP contribution in [-0.4, -0.2) is 6.61 Å². The molecule has 1 heterocycles. The molecule has 0 saturated carbocycles. The Balaban J connectivity index is 1.65. The van der Waals surface area contributed by atoms with Gasteiger partial charge in [-0.15, -0.1) is 0 Å². The lowest BCUT2D eigenvalue weighted by molar-refractivity contribution is -0.0895. The summed E-state index contributed by atoms with van der Waals surface area (Å²) < 4.78 is 38.4. The van der Waals surface area contributed by atoms with E-state index in [-0.39, 0.29) is 12.2 Å². The number of rotatable bonds is 6. The van der Waals surface area contributed by atoms with Crippen LogP contribution in [0.15, 0.2) is 77.4 Å². The molecule has 118 valence electrons. The normalized spacial score (nSPS) is 11.6. The fourth-order valence-corrected chi connectivity index (χ4v) is 2.29. The van der Waals surface area contributed by atoms with E-state index >= 15 is 0 Å². The van der Waals surface area contributed by atoms with Crippen molar-refractivity contribution >= 4 is 0 Å². The van der Waals surface area contributed by atoms with Crippen LogP contribution >= 0.6 is 0 Å². The summed E-state index contributed by atoms with van der Waals surface area (Å²) in [6, 6.07) is 19.3. The van der Waals surface area contributed by atoms with Crippen molar-refractivity contribution in [3.8, 4) is 11.1 Å². The Bertz CT molecular complexity index is 720. The van der Waals surface area contributed by atoms with E-state index in [1.54, 1.807) is 24.3 Å². The summed E-state index contributed by atoms with van der Waals surface area (Å²) in [5, 5.41) is 0. The molecule has 2 aromatic carbocycles. The molecule has 0 atom stereocenters. The highest BCUT2D eigenvalue weighted by Crippen LogP contribution is 2.30. The lowest BCUT2D eigenvalue weighted by Crippen LogP contribution is -2.21. The number of benzene rings is 2. The van der Waals surface area contributed by atoms with Gasteiger partial charge in [-0.2, -0.15) is 8.78 Å². The minimum absolute atomic E-state index is 0.0324. The first-order valence-corrected chi connectivity index (χ1v) is 7.29. The Morgan fingerprint density at radius 1 is 0.826 bits per heavy atom. The van der Waals surface area contributed by atoms with Crippen molar-refractivity contribution < 1.29 is 17.9 Å². The summed E-state index contributed by atoms with van der Waals surface area (Å²) in [6.07, 6.45) is 1.49. The summed E-state index contributed by atoms with van der Waals surface area (Å²) in [7, 11) is 0. The third-order valence-corrected chi connectivity index (χ3v) is 3.52.